The van der Waals surface area contributed by atoms with Crippen LogP contribution in [0.3, 0.4) is 0 Å². The van der Waals surface area contributed by atoms with Gasteiger partial charge in [0.05, 0.1) is 5.76 Å². The molecule has 0 aromatic carbocycles. The fraction of sp³-hybridized carbons (Fsp3) is 0.833. The van der Waals surface area contributed by atoms with E-state index in [4.69, 9.17) is 0 Å². The Balaban J connectivity index is 2.64. The minimum atomic E-state index is -2.48. The van der Waals surface area contributed by atoms with Gasteiger partial charge in [-0.15, -0.1) is 0 Å². The molecule has 0 saturated heterocycles. The predicted molar refractivity (Wildman–Crippen MR) is 85.1 cm³/mol. The van der Waals surface area contributed by atoms with Gasteiger partial charge in [0, 0.05) is 24.3 Å². The number of hydrogen-bond donors (Lipinski definition) is 1. The highest BCUT2D eigenvalue weighted by Crippen LogP contribution is 2.45. The molecule has 0 aliphatic heterocycles. The molecule has 0 aromatic rings. The van der Waals surface area contributed by atoms with Crippen molar-refractivity contribution in [3.8, 4) is 0 Å². The van der Waals surface area contributed by atoms with Crippen LogP contribution in [0.2, 0.25) is 0 Å². The van der Waals surface area contributed by atoms with Crippen LogP contribution in [0.4, 0.5) is 8.78 Å². The van der Waals surface area contributed by atoms with Gasteiger partial charge in [-0.3, -0.25) is 4.79 Å². The SMILES string of the molecule is CCC(CC(F)F)C(=O)/C=C(\O)C1CCC(CC)(CC)CC1. The smallest absolute Gasteiger partial charge is 0.239 e. The highest BCUT2D eigenvalue weighted by Gasteiger charge is 2.33. The highest BCUT2D eigenvalue weighted by atomic mass is 19.3. The van der Waals surface area contributed by atoms with Crippen molar-refractivity contribution in [3.05, 3.63) is 11.8 Å². The van der Waals surface area contributed by atoms with Crippen LogP contribution in [0.5, 0.6) is 0 Å². The third-order valence-electron chi connectivity index (χ3n) is 5.61. The first-order valence-corrected chi connectivity index (χ1v) is 8.60. The standard InChI is InChI=1S/C18H30F2O2/c1-4-13(11-17(19)20)15(21)12-16(22)14-7-9-18(5-2,6-3)10-8-14/h12-14,17,22H,4-11H2,1-3H3/b16-12-. The molecule has 1 rings (SSSR count). The van der Waals surface area contributed by atoms with Crippen molar-refractivity contribution >= 4 is 5.78 Å². The Bertz CT molecular complexity index is 377. The Morgan fingerprint density at radius 1 is 1.23 bits per heavy atom. The van der Waals surface area contributed by atoms with Crippen LogP contribution in [0.25, 0.3) is 0 Å². The number of aliphatic hydroxyl groups is 1. The molecule has 1 N–H and O–H groups in total. The molecule has 4 heteroatoms. The van der Waals surface area contributed by atoms with Crippen LogP contribution in [-0.4, -0.2) is 17.3 Å². The van der Waals surface area contributed by atoms with Crippen LogP contribution >= 0.6 is 0 Å². The summed E-state index contributed by atoms with van der Waals surface area (Å²) in [5, 5.41) is 10.2. The summed E-state index contributed by atoms with van der Waals surface area (Å²) < 4.78 is 24.9. The molecule has 1 aliphatic carbocycles. The summed E-state index contributed by atoms with van der Waals surface area (Å²) in [7, 11) is 0. The second-order valence-electron chi connectivity index (χ2n) is 6.68. The average Bonchev–Trinajstić information content (AvgIpc) is 2.52. The van der Waals surface area contributed by atoms with Crippen LogP contribution in [0, 0.1) is 17.3 Å². The van der Waals surface area contributed by atoms with Gasteiger partial charge in [0.2, 0.25) is 6.43 Å². The van der Waals surface area contributed by atoms with E-state index in [1.807, 2.05) is 0 Å². The monoisotopic (exact) mass is 316 g/mol. The number of aliphatic hydroxyl groups excluding tert-OH is 1. The summed E-state index contributed by atoms with van der Waals surface area (Å²) in [4.78, 5) is 12.0. The molecule has 2 nitrogen and oxygen atoms in total. The molecular weight excluding hydrogens is 286 g/mol. The van der Waals surface area contributed by atoms with E-state index in [1.165, 1.54) is 6.08 Å². The van der Waals surface area contributed by atoms with Gasteiger partial charge in [-0.25, -0.2) is 8.78 Å². The molecular formula is C18H30F2O2. The maximum Gasteiger partial charge on any atom is 0.239 e. The van der Waals surface area contributed by atoms with Crippen LogP contribution in [0.15, 0.2) is 11.8 Å². The molecule has 1 atom stereocenters. The Kier molecular flexibility index (Phi) is 7.51. The van der Waals surface area contributed by atoms with Gasteiger partial charge in [-0.2, -0.15) is 0 Å². The maximum atomic E-state index is 12.5. The quantitative estimate of drug-likeness (QED) is 0.462. The largest absolute Gasteiger partial charge is 0.512 e. The van der Waals surface area contributed by atoms with Crippen molar-refractivity contribution in [1.82, 2.24) is 0 Å². The van der Waals surface area contributed by atoms with E-state index in [9.17, 15) is 18.7 Å². The Morgan fingerprint density at radius 3 is 2.18 bits per heavy atom. The number of carbonyl (C=O) groups is 1. The number of allylic oxidation sites excluding steroid dienone is 2. The van der Waals surface area contributed by atoms with E-state index in [2.05, 4.69) is 13.8 Å². The number of halogens is 2. The van der Waals surface area contributed by atoms with Gasteiger partial charge in [0.25, 0.3) is 0 Å². The lowest BCUT2D eigenvalue weighted by molar-refractivity contribution is -0.119. The maximum absolute atomic E-state index is 12.5. The second-order valence-corrected chi connectivity index (χ2v) is 6.68. The van der Waals surface area contributed by atoms with Crippen molar-refractivity contribution in [1.29, 1.82) is 0 Å². The lowest BCUT2D eigenvalue weighted by Gasteiger charge is -2.39. The summed E-state index contributed by atoms with van der Waals surface area (Å²) in [6, 6.07) is 0. The molecule has 1 fully saturated rings. The van der Waals surface area contributed by atoms with Crippen molar-refractivity contribution in [2.24, 2.45) is 17.3 Å². The molecule has 22 heavy (non-hydrogen) atoms. The number of alkyl halides is 2. The minimum Gasteiger partial charge on any atom is -0.512 e. The van der Waals surface area contributed by atoms with E-state index < -0.39 is 18.8 Å². The lowest BCUT2D eigenvalue weighted by Crippen LogP contribution is -2.27. The first-order chi connectivity index (χ1) is 10.4. The minimum absolute atomic E-state index is 0.0132. The fourth-order valence-electron chi connectivity index (χ4n) is 3.56. The molecule has 0 spiro atoms. The molecule has 1 saturated carbocycles. The molecule has 0 amide bonds. The number of rotatable bonds is 8. The third kappa shape index (κ3) is 5.06. The van der Waals surface area contributed by atoms with E-state index in [0.29, 0.717) is 11.8 Å². The van der Waals surface area contributed by atoms with Crippen molar-refractivity contribution in [2.75, 3.05) is 0 Å². The third-order valence-corrected chi connectivity index (χ3v) is 5.61. The zero-order valence-electron chi connectivity index (χ0n) is 14.1. The summed E-state index contributed by atoms with van der Waals surface area (Å²) >= 11 is 0. The van der Waals surface area contributed by atoms with E-state index in [0.717, 1.165) is 38.5 Å². The van der Waals surface area contributed by atoms with Gasteiger partial charge >= 0.3 is 0 Å². The normalized spacial score (nSPS) is 21.1. The predicted octanol–water partition coefficient (Wildman–Crippen LogP) is 5.68. The molecule has 0 bridgehead atoms. The Morgan fingerprint density at radius 2 is 1.77 bits per heavy atom. The zero-order chi connectivity index (χ0) is 16.8. The zero-order valence-corrected chi connectivity index (χ0v) is 14.1. The van der Waals surface area contributed by atoms with Gasteiger partial charge in [0.1, 0.15) is 0 Å². The van der Waals surface area contributed by atoms with Crippen LogP contribution in [-0.2, 0) is 4.79 Å². The average molecular weight is 316 g/mol. The van der Waals surface area contributed by atoms with Crippen LogP contribution in [0.1, 0.15) is 72.1 Å². The van der Waals surface area contributed by atoms with Crippen LogP contribution < -0.4 is 0 Å². The second kappa shape index (κ2) is 8.64. The van der Waals surface area contributed by atoms with Gasteiger partial charge < -0.3 is 5.11 Å². The first-order valence-electron chi connectivity index (χ1n) is 8.60. The number of ketones is 1. The van der Waals surface area contributed by atoms with Crippen molar-refractivity contribution < 1.29 is 18.7 Å². The Hall–Kier alpha value is -0.930. The van der Waals surface area contributed by atoms with Gasteiger partial charge in [-0.1, -0.05) is 33.6 Å². The molecule has 0 radical (unpaired) electrons. The number of hydrogen-bond acceptors (Lipinski definition) is 2. The highest BCUT2D eigenvalue weighted by molar-refractivity contribution is 5.92. The summed E-state index contributed by atoms with van der Waals surface area (Å²) in [6.45, 7) is 6.14. The van der Waals surface area contributed by atoms with Gasteiger partial charge in [-0.05, 0) is 37.5 Å². The van der Waals surface area contributed by atoms with Gasteiger partial charge in [0.15, 0.2) is 5.78 Å². The topological polar surface area (TPSA) is 37.3 Å². The van der Waals surface area contributed by atoms with E-state index in [-0.39, 0.29) is 17.5 Å². The number of carbonyl (C=O) groups excluding carboxylic acids is 1. The van der Waals surface area contributed by atoms with E-state index in [1.54, 1.807) is 6.92 Å². The Labute approximate surface area is 133 Å². The fourth-order valence-corrected chi connectivity index (χ4v) is 3.56. The first kappa shape index (κ1) is 19.1. The molecule has 0 aromatic heterocycles. The lowest BCUT2D eigenvalue weighted by atomic mass is 9.67. The summed E-state index contributed by atoms with van der Waals surface area (Å²) in [6.07, 6.45) is 4.87. The summed E-state index contributed by atoms with van der Waals surface area (Å²) in [5.74, 6) is -0.933. The molecule has 1 unspecified atom stereocenters. The molecule has 128 valence electrons. The molecule has 1 aliphatic rings. The van der Waals surface area contributed by atoms with E-state index >= 15 is 0 Å². The molecule has 0 heterocycles. The van der Waals surface area contributed by atoms with Crippen molar-refractivity contribution in [3.63, 3.8) is 0 Å². The van der Waals surface area contributed by atoms with Crippen molar-refractivity contribution in [2.45, 2.75) is 78.6 Å². The summed E-state index contributed by atoms with van der Waals surface area (Å²) in [5.41, 5.74) is 0.377.